The Morgan fingerprint density at radius 3 is 1.62 bits per heavy atom. The van der Waals surface area contributed by atoms with E-state index in [4.69, 9.17) is 0 Å². The summed E-state index contributed by atoms with van der Waals surface area (Å²) in [5.74, 6) is -2.24. The van der Waals surface area contributed by atoms with Gasteiger partial charge in [-0.15, -0.1) is 0 Å². The van der Waals surface area contributed by atoms with Crippen LogP contribution in [0.2, 0.25) is 0 Å². The molecule has 0 heterocycles. The van der Waals surface area contributed by atoms with Gasteiger partial charge < -0.3 is 14.6 Å². The first-order chi connectivity index (χ1) is 21.5. The fourth-order valence-electron chi connectivity index (χ4n) is 4.33. The van der Waals surface area contributed by atoms with Crippen molar-refractivity contribution in [3.8, 4) is 0 Å². The molecule has 4 rings (SSSR count). The number of hydrogen-bond acceptors (Lipinski definition) is 10. The number of hydrogen-bond donors (Lipinski definition) is 0. The highest BCUT2D eigenvalue weighted by atomic mass is 16.7. The molecule has 0 saturated carbocycles. The van der Waals surface area contributed by atoms with E-state index in [2.05, 4.69) is 20.0 Å². The molecule has 0 radical (unpaired) electrons. The van der Waals surface area contributed by atoms with E-state index in [0.29, 0.717) is 39.3 Å². The van der Waals surface area contributed by atoms with Crippen LogP contribution in [0.15, 0.2) is 107 Å². The highest BCUT2D eigenvalue weighted by Gasteiger charge is 2.18. The smallest absolute Gasteiger partial charge is 0.318 e. The number of Topliss-reactive ketones (excluding diaryl/α,β-unsaturated/α-hetero) is 2. The topological polar surface area (TPSA) is 132 Å². The van der Waals surface area contributed by atoms with Crippen LogP contribution < -0.4 is 4.90 Å². The number of benzene rings is 4. The molecule has 10 heteroatoms. The number of anilines is 3. The summed E-state index contributed by atoms with van der Waals surface area (Å²) in [5, 5.41) is 6.95. The Hall–Kier alpha value is -6.03. The fourth-order valence-corrected chi connectivity index (χ4v) is 4.33. The second-order valence-corrected chi connectivity index (χ2v) is 9.89. The maximum atomic E-state index is 13.2. The normalized spacial score (nSPS) is 11.2. The standard InChI is InChI=1S/C35H29N3O7/c1-22-7-5-6-8-32(22)35(43)28-13-19-31(20-14-28)38(29-15-9-26(10-16-29)33(41)21-36-44-24(3)39)30-17-11-27(12-18-30)34(42)23(2)37-45-25(4)40/h5-21H,1-4H3. The molecule has 0 spiro atoms. The van der Waals surface area contributed by atoms with E-state index < -0.39 is 23.5 Å². The summed E-state index contributed by atoms with van der Waals surface area (Å²) >= 11 is 0. The lowest BCUT2D eigenvalue weighted by atomic mass is 9.99. The van der Waals surface area contributed by atoms with Gasteiger partial charge in [-0.2, -0.15) is 0 Å². The van der Waals surface area contributed by atoms with Crippen molar-refractivity contribution in [1.82, 2.24) is 0 Å². The fraction of sp³-hybridized carbons (Fsp3) is 0.114. The van der Waals surface area contributed by atoms with Crippen LogP contribution in [0.25, 0.3) is 0 Å². The van der Waals surface area contributed by atoms with Gasteiger partial charge in [-0.05, 0) is 92.2 Å². The number of nitrogens with zero attached hydrogens (tertiary/aromatic N) is 3. The minimum absolute atomic E-state index is 0.0150. The summed E-state index contributed by atoms with van der Waals surface area (Å²) < 4.78 is 0. The third kappa shape index (κ3) is 8.08. The molecule has 0 atom stereocenters. The molecule has 0 aliphatic heterocycles. The van der Waals surface area contributed by atoms with E-state index in [1.54, 1.807) is 66.7 Å². The first kappa shape index (κ1) is 31.9. The molecule has 0 aliphatic carbocycles. The second-order valence-electron chi connectivity index (χ2n) is 9.89. The lowest BCUT2D eigenvalue weighted by Crippen LogP contribution is -2.14. The molecule has 0 saturated heterocycles. The monoisotopic (exact) mass is 603 g/mol. The van der Waals surface area contributed by atoms with Crippen LogP contribution in [-0.2, 0) is 19.3 Å². The molecular weight excluding hydrogens is 574 g/mol. The minimum Gasteiger partial charge on any atom is -0.318 e. The molecular formula is C35H29N3O7. The van der Waals surface area contributed by atoms with Gasteiger partial charge in [0, 0.05) is 53.2 Å². The predicted octanol–water partition coefficient (Wildman–Crippen LogP) is 6.55. The van der Waals surface area contributed by atoms with E-state index in [0.717, 1.165) is 11.8 Å². The number of carbonyl (C=O) groups excluding carboxylic acids is 5. The Kier molecular flexibility index (Phi) is 10.2. The van der Waals surface area contributed by atoms with Gasteiger partial charge >= 0.3 is 11.9 Å². The van der Waals surface area contributed by atoms with E-state index in [-0.39, 0.29) is 11.5 Å². The van der Waals surface area contributed by atoms with Crippen molar-refractivity contribution in [2.24, 2.45) is 10.3 Å². The average Bonchev–Trinajstić information content (AvgIpc) is 3.04. The third-order valence-electron chi connectivity index (χ3n) is 6.57. The minimum atomic E-state index is -0.642. The van der Waals surface area contributed by atoms with E-state index in [1.165, 1.54) is 20.8 Å². The number of rotatable bonds is 11. The molecule has 0 amide bonds. The molecule has 0 fully saturated rings. The van der Waals surface area contributed by atoms with Crippen LogP contribution in [-0.4, -0.2) is 41.2 Å². The summed E-state index contributed by atoms with van der Waals surface area (Å²) in [5.41, 5.74) is 4.74. The van der Waals surface area contributed by atoms with Gasteiger partial charge in [-0.1, -0.05) is 34.6 Å². The molecule has 10 nitrogen and oxygen atoms in total. The summed E-state index contributed by atoms with van der Waals surface area (Å²) in [7, 11) is 0. The van der Waals surface area contributed by atoms with Crippen molar-refractivity contribution in [1.29, 1.82) is 0 Å². The zero-order valence-corrected chi connectivity index (χ0v) is 25.0. The molecule has 0 N–H and O–H groups in total. The van der Waals surface area contributed by atoms with Crippen molar-refractivity contribution < 1.29 is 33.6 Å². The number of ketones is 3. The van der Waals surface area contributed by atoms with Gasteiger partial charge in [0.2, 0.25) is 11.6 Å². The first-order valence-corrected chi connectivity index (χ1v) is 13.8. The maximum Gasteiger partial charge on any atom is 0.331 e. The van der Waals surface area contributed by atoms with Gasteiger partial charge in [0.05, 0.1) is 0 Å². The Morgan fingerprint density at radius 1 is 0.622 bits per heavy atom. The Balaban J connectivity index is 1.69. The van der Waals surface area contributed by atoms with Crippen LogP contribution in [0.1, 0.15) is 63.0 Å². The van der Waals surface area contributed by atoms with Crippen molar-refractivity contribution in [3.05, 3.63) is 125 Å². The Bertz CT molecular complexity index is 1810. The molecule has 226 valence electrons. The van der Waals surface area contributed by atoms with Gasteiger partial charge in [0.25, 0.3) is 0 Å². The Labute approximate surface area is 259 Å². The highest BCUT2D eigenvalue weighted by Crippen LogP contribution is 2.35. The van der Waals surface area contributed by atoms with Gasteiger partial charge in [-0.3, -0.25) is 14.4 Å². The zero-order chi connectivity index (χ0) is 32.5. The van der Waals surface area contributed by atoms with Crippen LogP contribution >= 0.6 is 0 Å². The van der Waals surface area contributed by atoms with E-state index in [1.807, 2.05) is 42.2 Å². The predicted molar refractivity (Wildman–Crippen MR) is 170 cm³/mol. The molecule has 0 bridgehead atoms. The average molecular weight is 604 g/mol. The van der Waals surface area contributed by atoms with Crippen LogP contribution in [0, 0.1) is 6.92 Å². The SMILES string of the molecule is CC(=O)ON=CC(=O)c1ccc(N(c2ccc(C(=O)C(C)=NOC(C)=O)cc2)c2ccc(C(=O)c3ccccc3C)cc2)cc1. The second kappa shape index (κ2) is 14.4. The first-order valence-electron chi connectivity index (χ1n) is 13.8. The van der Waals surface area contributed by atoms with Gasteiger partial charge in [-0.25, -0.2) is 9.59 Å². The molecule has 0 aliphatic rings. The zero-order valence-electron chi connectivity index (χ0n) is 25.0. The number of aryl methyl sites for hydroxylation is 1. The maximum absolute atomic E-state index is 13.2. The number of oxime groups is 2. The van der Waals surface area contributed by atoms with E-state index >= 15 is 0 Å². The van der Waals surface area contributed by atoms with Crippen molar-refractivity contribution in [2.45, 2.75) is 27.7 Å². The highest BCUT2D eigenvalue weighted by molar-refractivity contribution is 6.45. The van der Waals surface area contributed by atoms with Crippen LogP contribution in [0.4, 0.5) is 17.1 Å². The molecule has 4 aromatic carbocycles. The third-order valence-corrected chi connectivity index (χ3v) is 6.57. The molecule has 45 heavy (non-hydrogen) atoms. The van der Waals surface area contributed by atoms with Gasteiger partial charge in [0.15, 0.2) is 5.78 Å². The summed E-state index contributed by atoms with van der Waals surface area (Å²) in [6.07, 6.45) is 0.918. The van der Waals surface area contributed by atoms with Crippen molar-refractivity contribution in [3.63, 3.8) is 0 Å². The lowest BCUT2D eigenvalue weighted by molar-refractivity contribution is -0.141. The quantitative estimate of drug-likeness (QED) is 0.0816. The summed E-state index contributed by atoms with van der Waals surface area (Å²) in [6.45, 7) is 5.70. The number of carbonyl (C=O) groups is 5. The largest absolute Gasteiger partial charge is 0.331 e. The molecule has 0 aromatic heterocycles. The molecule has 0 unspecified atom stereocenters. The Morgan fingerprint density at radius 2 is 1.11 bits per heavy atom. The lowest BCUT2D eigenvalue weighted by Gasteiger charge is -2.26. The summed E-state index contributed by atoms with van der Waals surface area (Å²) in [4.78, 5) is 71.4. The van der Waals surface area contributed by atoms with Crippen LogP contribution in [0.3, 0.4) is 0 Å². The van der Waals surface area contributed by atoms with E-state index in [9.17, 15) is 24.0 Å². The van der Waals surface area contributed by atoms with Crippen LogP contribution in [0.5, 0.6) is 0 Å². The van der Waals surface area contributed by atoms with Crippen molar-refractivity contribution >= 4 is 58.3 Å². The van der Waals surface area contributed by atoms with Crippen molar-refractivity contribution in [2.75, 3.05) is 4.90 Å². The molecule has 4 aromatic rings. The van der Waals surface area contributed by atoms with Gasteiger partial charge in [0.1, 0.15) is 11.9 Å². The summed E-state index contributed by atoms with van der Waals surface area (Å²) in [6, 6.07) is 27.9.